The van der Waals surface area contributed by atoms with Crippen molar-refractivity contribution in [2.75, 3.05) is 26.2 Å². The molecule has 0 radical (unpaired) electrons. The summed E-state index contributed by atoms with van der Waals surface area (Å²) in [5.41, 5.74) is -0.123. The van der Waals surface area contributed by atoms with Gasteiger partial charge in [-0.25, -0.2) is 0 Å². The van der Waals surface area contributed by atoms with E-state index in [4.69, 9.17) is 0 Å². The maximum Gasteiger partial charge on any atom is 0.0623 e. The number of aliphatic hydroxyl groups excluding tert-OH is 1. The molecule has 106 valence electrons. The fourth-order valence-electron chi connectivity index (χ4n) is 3.74. The van der Waals surface area contributed by atoms with Gasteiger partial charge in [-0.2, -0.15) is 0 Å². The summed E-state index contributed by atoms with van der Waals surface area (Å²) in [6, 6.07) is 0.799. The smallest absolute Gasteiger partial charge is 0.0623 e. The van der Waals surface area contributed by atoms with Gasteiger partial charge < -0.3 is 10.4 Å². The van der Waals surface area contributed by atoms with Crippen LogP contribution in [-0.4, -0.2) is 47.8 Å². The van der Waals surface area contributed by atoms with E-state index >= 15 is 0 Å². The van der Waals surface area contributed by atoms with Crippen molar-refractivity contribution in [1.29, 1.82) is 0 Å². The molecule has 2 N–H and O–H groups in total. The zero-order valence-electron chi connectivity index (χ0n) is 12.1. The predicted molar refractivity (Wildman–Crippen MR) is 75.7 cm³/mol. The first kappa shape index (κ1) is 14.3. The van der Waals surface area contributed by atoms with Gasteiger partial charge in [0.05, 0.1) is 12.1 Å². The Labute approximate surface area is 112 Å². The van der Waals surface area contributed by atoms with E-state index in [0.717, 1.165) is 31.5 Å². The molecule has 2 fully saturated rings. The Kier molecular flexibility index (Phi) is 5.05. The van der Waals surface area contributed by atoms with Crippen molar-refractivity contribution in [2.45, 2.75) is 64.0 Å². The molecular formula is C15H30N2O. The number of aliphatic hydroxyl groups is 1. The fraction of sp³-hybridized carbons (Fsp3) is 1.00. The Hall–Kier alpha value is -0.120. The Morgan fingerprint density at radius 2 is 2.06 bits per heavy atom. The average molecular weight is 254 g/mol. The first-order chi connectivity index (χ1) is 8.68. The van der Waals surface area contributed by atoms with Crippen LogP contribution in [0.3, 0.4) is 0 Å². The third-order valence-corrected chi connectivity index (χ3v) is 4.83. The number of likely N-dealkylation sites (tertiary alicyclic amines) is 1. The number of nitrogens with one attached hydrogen (secondary N) is 1. The average Bonchev–Trinajstić information content (AvgIpc) is 2.80. The van der Waals surface area contributed by atoms with Gasteiger partial charge in [-0.3, -0.25) is 4.90 Å². The highest BCUT2D eigenvalue weighted by Crippen LogP contribution is 2.36. The third-order valence-electron chi connectivity index (χ3n) is 4.83. The maximum absolute atomic E-state index is 9.68. The van der Waals surface area contributed by atoms with Crippen LogP contribution in [0.1, 0.15) is 52.4 Å². The number of hydrogen-bond donors (Lipinski definition) is 2. The highest BCUT2D eigenvalue weighted by Gasteiger charge is 2.38. The SMILES string of the molecule is CCCNC(C)(CO)CN1CCC2CCCCC21. The molecule has 18 heavy (non-hydrogen) atoms. The topological polar surface area (TPSA) is 35.5 Å². The van der Waals surface area contributed by atoms with Crippen LogP contribution in [0, 0.1) is 5.92 Å². The summed E-state index contributed by atoms with van der Waals surface area (Å²) in [6.07, 6.45) is 8.14. The minimum atomic E-state index is -0.123. The summed E-state index contributed by atoms with van der Waals surface area (Å²) in [6.45, 7) is 7.82. The second-order valence-corrected chi connectivity index (χ2v) is 6.52. The summed E-state index contributed by atoms with van der Waals surface area (Å²) in [4.78, 5) is 2.64. The zero-order valence-corrected chi connectivity index (χ0v) is 12.1. The molecule has 1 saturated heterocycles. The largest absolute Gasteiger partial charge is 0.394 e. The lowest BCUT2D eigenvalue weighted by molar-refractivity contribution is 0.0964. The highest BCUT2D eigenvalue weighted by atomic mass is 16.3. The molecule has 2 rings (SSSR count). The van der Waals surface area contributed by atoms with Crippen molar-refractivity contribution in [3.8, 4) is 0 Å². The van der Waals surface area contributed by atoms with Crippen LogP contribution in [0.2, 0.25) is 0 Å². The Bertz CT molecular complexity index is 259. The molecule has 1 aliphatic heterocycles. The standard InChI is InChI=1S/C15H30N2O/c1-3-9-16-15(2,12-18)11-17-10-8-13-6-4-5-7-14(13)17/h13-14,16,18H,3-12H2,1-2H3. The van der Waals surface area contributed by atoms with E-state index in [-0.39, 0.29) is 12.1 Å². The first-order valence-electron chi connectivity index (χ1n) is 7.78. The van der Waals surface area contributed by atoms with E-state index in [2.05, 4.69) is 24.1 Å². The van der Waals surface area contributed by atoms with Crippen LogP contribution in [0.25, 0.3) is 0 Å². The number of nitrogens with zero attached hydrogens (tertiary/aromatic N) is 1. The molecule has 3 nitrogen and oxygen atoms in total. The molecule has 0 aromatic carbocycles. The summed E-state index contributed by atoms with van der Waals surface area (Å²) < 4.78 is 0. The monoisotopic (exact) mass is 254 g/mol. The molecule has 3 unspecified atom stereocenters. The second kappa shape index (κ2) is 6.36. The number of hydrogen-bond acceptors (Lipinski definition) is 3. The molecule has 1 aliphatic carbocycles. The van der Waals surface area contributed by atoms with Gasteiger partial charge in [0.15, 0.2) is 0 Å². The van der Waals surface area contributed by atoms with Gasteiger partial charge in [-0.15, -0.1) is 0 Å². The molecule has 0 aromatic rings. The van der Waals surface area contributed by atoms with Gasteiger partial charge >= 0.3 is 0 Å². The second-order valence-electron chi connectivity index (χ2n) is 6.52. The summed E-state index contributed by atoms with van der Waals surface area (Å²) in [5.74, 6) is 0.938. The lowest BCUT2D eigenvalue weighted by Gasteiger charge is -2.38. The molecule has 0 bridgehead atoms. The van der Waals surface area contributed by atoms with Gasteiger partial charge in [0, 0.05) is 12.6 Å². The molecule has 0 aromatic heterocycles. The third kappa shape index (κ3) is 3.25. The lowest BCUT2D eigenvalue weighted by atomic mass is 9.85. The molecule has 0 amide bonds. The lowest BCUT2D eigenvalue weighted by Crippen LogP contribution is -2.55. The Balaban J connectivity index is 1.90. The highest BCUT2D eigenvalue weighted by molar-refractivity contribution is 4.95. The van der Waals surface area contributed by atoms with Crippen molar-refractivity contribution in [3.05, 3.63) is 0 Å². The molecule has 0 spiro atoms. The molecular weight excluding hydrogens is 224 g/mol. The van der Waals surface area contributed by atoms with E-state index in [1.165, 1.54) is 38.6 Å². The maximum atomic E-state index is 9.68. The Morgan fingerprint density at radius 1 is 1.28 bits per heavy atom. The van der Waals surface area contributed by atoms with Crippen LogP contribution >= 0.6 is 0 Å². The van der Waals surface area contributed by atoms with E-state index in [1.54, 1.807) is 0 Å². The first-order valence-corrected chi connectivity index (χ1v) is 7.78. The molecule has 3 atom stereocenters. The quantitative estimate of drug-likeness (QED) is 0.761. The van der Waals surface area contributed by atoms with Crippen LogP contribution in [-0.2, 0) is 0 Å². The molecule has 1 heterocycles. The number of rotatable bonds is 6. The zero-order chi connectivity index (χ0) is 13.0. The predicted octanol–water partition coefficient (Wildman–Crippen LogP) is 2.00. The number of fused-ring (bicyclic) bond motifs is 1. The minimum absolute atomic E-state index is 0.123. The van der Waals surface area contributed by atoms with Crippen molar-refractivity contribution >= 4 is 0 Å². The molecule has 3 heteroatoms. The van der Waals surface area contributed by atoms with E-state index in [0.29, 0.717) is 0 Å². The van der Waals surface area contributed by atoms with Crippen LogP contribution < -0.4 is 5.32 Å². The Morgan fingerprint density at radius 3 is 2.78 bits per heavy atom. The van der Waals surface area contributed by atoms with E-state index < -0.39 is 0 Å². The summed E-state index contributed by atoms with van der Waals surface area (Å²) in [5, 5.41) is 13.2. The minimum Gasteiger partial charge on any atom is -0.394 e. The van der Waals surface area contributed by atoms with Gasteiger partial charge in [0.1, 0.15) is 0 Å². The van der Waals surface area contributed by atoms with Crippen LogP contribution in [0.4, 0.5) is 0 Å². The fourth-order valence-corrected chi connectivity index (χ4v) is 3.74. The normalized spacial score (nSPS) is 32.2. The summed E-state index contributed by atoms with van der Waals surface area (Å²) >= 11 is 0. The van der Waals surface area contributed by atoms with E-state index in [1.807, 2.05) is 0 Å². The van der Waals surface area contributed by atoms with Crippen LogP contribution in [0.15, 0.2) is 0 Å². The van der Waals surface area contributed by atoms with Crippen molar-refractivity contribution in [2.24, 2.45) is 5.92 Å². The van der Waals surface area contributed by atoms with Crippen LogP contribution in [0.5, 0.6) is 0 Å². The van der Waals surface area contributed by atoms with Crippen molar-refractivity contribution in [1.82, 2.24) is 10.2 Å². The summed E-state index contributed by atoms with van der Waals surface area (Å²) in [7, 11) is 0. The van der Waals surface area contributed by atoms with E-state index in [9.17, 15) is 5.11 Å². The molecule has 2 aliphatic rings. The van der Waals surface area contributed by atoms with Gasteiger partial charge in [-0.05, 0) is 51.6 Å². The van der Waals surface area contributed by atoms with Gasteiger partial charge in [0.25, 0.3) is 0 Å². The van der Waals surface area contributed by atoms with Gasteiger partial charge in [0.2, 0.25) is 0 Å². The van der Waals surface area contributed by atoms with Crippen molar-refractivity contribution in [3.63, 3.8) is 0 Å². The van der Waals surface area contributed by atoms with Gasteiger partial charge in [-0.1, -0.05) is 19.8 Å². The van der Waals surface area contributed by atoms with Crippen molar-refractivity contribution < 1.29 is 5.11 Å². The molecule has 1 saturated carbocycles.